The number of carbonyl (C=O) groups is 2. The fourth-order valence-corrected chi connectivity index (χ4v) is 3.86. The zero-order chi connectivity index (χ0) is 20.3. The Morgan fingerprint density at radius 2 is 2.04 bits per heavy atom. The molecule has 0 atom stereocenters. The average molecular weight is 410 g/mol. The van der Waals surface area contributed by atoms with Gasteiger partial charge < -0.3 is 20.3 Å². The number of thiocarbonyl (C=S) groups is 1. The minimum absolute atomic E-state index is 0.180. The molecule has 2 rings (SSSR count). The van der Waals surface area contributed by atoms with Crippen LogP contribution in [0.15, 0.2) is 6.20 Å². The smallest absolute Gasteiger partial charge is 0.341 e. The Labute approximate surface area is 167 Å². The fourth-order valence-electron chi connectivity index (χ4n) is 2.40. The third-order valence-corrected chi connectivity index (χ3v) is 5.58. The number of methoxy groups -OCH3 is 1. The summed E-state index contributed by atoms with van der Waals surface area (Å²) >= 11 is 6.52. The van der Waals surface area contributed by atoms with Crippen molar-refractivity contribution >= 4 is 45.5 Å². The fraction of sp³-hybridized carbons (Fsp3) is 0.412. The Balaban J connectivity index is 2.22. The first-order valence-corrected chi connectivity index (χ1v) is 9.35. The lowest BCUT2D eigenvalue weighted by Crippen LogP contribution is -2.28. The summed E-state index contributed by atoms with van der Waals surface area (Å²) in [5.74, 6) is -0.699. The van der Waals surface area contributed by atoms with Crippen LogP contribution in [0.1, 0.15) is 36.9 Å². The number of amides is 1. The monoisotopic (exact) mass is 409 g/mol. The van der Waals surface area contributed by atoms with Gasteiger partial charge >= 0.3 is 5.97 Å². The SMILES string of the molecule is COC(=O)c1c(NC(=S)NCc2cnn(C)c2C)sc(C(=O)N(C)C)c1C. The van der Waals surface area contributed by atoms with Crippen LogP contribution >= 0.6 is 23.6 Å². The molecule has 0 fully saturated rings. The molecule has 2 heterocycles. The lowest BCUT2D eigenvalue weighted by atomic mass is 10.1. The molecule has 0 radical (unpaired) electrons. The van der Waals surface area contributed by atoms with Crippen molar-refractivity contribution in [3.8, 4) is 0 Å². The molecule has 0 aliphatic heterocycles. The van der Waals surface area contributed by atoms with E-state index in [4.69, 9.17) is 17.0 Å². The summed E-state index contributed by atoms with van der Waals surface area (Å²) < 4.78 is 6.65. The van der Waals surface area contributed by atoms with E-state index in [1.807, 2.05) is 14.0 Å². The first-order valence-electron chi connectivity index (χ1n) is 8.13. The van der Waals surface area contributed by atoms with E-state index in [9.17, 15) is 9.59 Å². The van der Waals surface area contributed by atoms with E-state index < -0.39 is 5.97 Å². The van der Waals surface area contributed by atoms with Crippen LogP contribution in [0.2, 0.25) is 0 Å². The summed E-state index contributed by atoms with van der Waals surface area (Å²) in [6, 6.07) is 0. The molecule has 2 aromatic heterocycles. The van der Waals surface area contributed by atoms with Crippen molar-refractivity contribution in [1.82, 2.24) is 20.0 Å². The van der Waals surface area contributed by atoms with Gasteiger partial charge in [0.15, 0.2) is 5.11 Å². The van der Waals surface area contributed by atoms with Crippen molar-refractivity contribution in [2.45, 2.75) is 20.4 Å². The summed E-state index contributed by atoms with van der Waals surface area (Å²) in [5, 5.41) is 11.1. The highest BCUT2D eigenvalue weighted by Gasteiger charge is 2.26. The second kappa shape index (κ2) is 8.49. The molecule has 0 aromatic carbocycles. The van der Waals surface area contributed by atoms with Gasteiger partial charge in [0.05, 0.1) is 23.7 Å². The van der Waals surface area contributed by atoms with E-state index in [2.05, 4.69) is 15.7 Å². The molecule has 2 N–H and O–H groups in total. The van der Waals surface area contributed by atoms with Crippen LogP contribution in [0, 0.1) is 13.8 Å². The maximum Gasteiger partial charge on any atom is 0.341 e. The van der Waals surface area contributed by atoms with Crippen LogP contribution in [-0.2, 0) is 18.3 Å². The number of carbonyl (C=O) groups excluding carboxylic acids is 2. The third-order valence-electron chi connectivity index (χ3n) is 4.14. The first kappa shape index (κ1) is 20.8. The lowest BCUT2D eigenvalue weighted by molar-refractivity contribution is 0.0601. The summed E-state index contributed by atoms with van der Waals surface area (Å²) in [4.78, 5) is 26.5. The number of anilines is 1. The standard InChI is InChI=1S/C17H23N5O3S2/c1-9-12(16(24)25-6)14(27-13(9)15(23)21(3)4)20-17(26)18-7-11-8-19-22(5)10(11)2/h8H,7H2,1-6H3,(H2,18,20,26). The number of rotatable bonds is 5. The van der Waals surface area contributed by atoms with Crippen molar-refractivity contribution in [2.75, 3.05) is 26.5 Å². The van der Waals surface area contributed by atoms with Gasteiger partial charge in [0.2, 0.25) is 0 Å². The Morgan fingerprint density at radius 1 is 1.37 bits per heavy atom. The molecule has 8 nitrogen and oxygen atoms in total. The number of aromatic nitrogens is 2. The van der Waals surface area contributed by atoms with Gasteiger partial charge in [-0.2, -0.15) is 5.10 Å². The van der Waals surface area contributed by atoms with Crippen molar-refractivity contribution in [1.29, 1.82) is 0 Å². The van der Waals surface area contributed by atoms with Gasteiger partial charge in [-0.15, -0.1) is 11.3 Å². The van der Waals surface area contributed by atoms with Crippen molar-refractivity contribution < 1.29 is 14.3 Å². The maximum atomic E-state index is 12.4. The molecule has 0 bridgehead atoms. The summed E-state index contributed by atoms with van der Waals surface area (Å²) in [6.07, 6.45) is 1.77. The number of ether oxygens (including phenoxy) is 1. The molecule has 27 heavy (non-hydrogen) atoms. The Hall–Kier alpha value is -2.46. The van der Waals surface area contributed by atoms with Gasteiger partial charge in [-0.05, 0) is 31.6 Å². The number of hydrogen-bond donors (Lipinski definition) is 2. The molecule has 0 aliphatic rings. The van der Waals surface area contributed by atoms with E-state index in [0.29, 0.717) is 32.7 Å². The molecule has 1 amide bonds. The molecule has 2 aromatic rings. The molecule has 0 unspecified atom stereocenters. The van der Waals surface area contributed by atoms with Gasteiger partial charge in [-0.1, -0.05) is 0 Å². The highest BCUT2D eigenvalue weighted by Crippen LogP contribution is 2.34. The average Bonchev–Trinajstić information content (AvgIpc) is 3.11. The molecule has 146 valence electrons. The summed E-state index contributed by atoms with van der Waals surface area (Å²) in [5.41, 5.74) is 2.93. The molecule has 0 saturated heterocycles. The van der Waals surface area contributed by atoms with E-state index in [-0.39, 0.29) is 5.91 Å². The van der Waals surface area contributed by atoms with E-state index in [1.165, 1.54) is 23.3 Å². The number of nitrogens with zero attached hydrogens (tertiary/aromatic N) is 3. The maximum absolute atomic E-state index is 12.4. The minimum atomic E-state index is -0.519. The van der Waals surface area contributed by atoms with Crippen LogP contribution in [0.3, 0.4) is 0 Å². The van der Waals surface area contributed by atoms with E-state index >= 15 is 0 Å². The number of aryl methyl sites for hydroxylation is 1. The predicted octanol–water partition coefficient (Wildman–Crippen LogP) is 2.07. The highest BCUT2D eigenvalue weighted by atomic mass is 32.1. The van der Waals surface area contributed by atoms with E-state index in [0.717, 1.165) is 11.3 Å². The highest BCUT2D eigenvalue weighted by molar-refractivity contribution is 7.80. The molecular weight excluding hydrogens is 386 g/mol. The normalized spacial score (nSPS) is 10.4. The second-order valence-corrected chi connectivity index (χ2v) is 7.57. The molecule has 0 spiro atoms. The second-order valence-electron chi connectivity index (χ2n) is 6.14. The third kappa shape index (κ3) is 4.45. The molecule has 0 saturated carbocycles. The van der Waals surface area contributed by atoms with Crippen LogP contribution in [0.5, 0.6) is 0 Å². The van der Waals surface area contributed by atoms with Crippen LogP contribution < -0.4 is 10.6 Å². The van der Waals surface area contributed by atoms with Gasteiger partial charge in [0.25, 0.3) is 5.91 Å². The Kier molecular flexibility index (Phi) is 6.55. The van der Waals surface area contributed by atoms with Crippen molar-refractivity contribution in [3.63, 3.8) is 0 Å². The summed E-state index contributed by atoms with van der Waals surface area (Å²) in [7, 11) is 6.50. The van der Waals surface area contributed by atoms with Crippen LogP contribution in [0.4, 0.5) is 5.00 Å². The van der Waals surface area contributed by atoms with Gasteiger partial charge in [0, 0.05) is 38.9 Å². The number of nitrogens with one attached hydrogen (secondary N) is 2. The topological polar surface area (TPSA) is 88.5 Å². The lowest BCUT2D eigenvalue weighted by Gasteiger charge is -2.10. The zero-order valence-corrected chi connectivity index (χ0v) is 17.8. The van der Waals surface area contributed by atoms with Gasteiger partial charge in [-0.3, -0.25) is 9.48 Å². The molecule has 10 heteroatoms. The Bertz CT molecular complexity index is 886. The van der Waals surface area contributed by atoms with E-state index in [1.54, 1.807) is 31.9 Å². The quantitative estimate of drug-likeness (QED) is 0.577. The molecule has 0 aliphatic carbocycles. The molecular formula is C17H23N5O3S2. The number of hydrogen-bond acceptors (Lipinski definition) is 6. The minimum Gasteiger partial charge on any atom is -0.465 e. The van der Waals surface area contributed by atoms with Gasteiger partial charge in [0.1, 0.15) is 5.00 Å². The van der Waals surface area contributed by atoms with Crippen LogP contribution in [0.25, 0.3) is 0 Å². The zero-order valence-electron chi connectivity index (χ0n) is 16.2. The van der Waals surface area contributed by atoms with Crippen LogP contribution in [-0.4, -0.2) is 52.9 Å². The van der Waals surface area contributed by atoms with Crippen molar-refractivity contribution in [2.24, 2.45) is 7.05 Å². The number of esters is 1. The van der Waals surface area contributed by atoms with Crippen molar-refractivity contribution in [3.05, 3.63) is 33.5 Å². The largest absolute Gasteiger partial charge is 0.465 e. The summed E-state index contributed by atoms with van der Waals surface area (Å²) in [6.45, 7) is 4.19. The van der Waals surface area contributed by atoms with Gasteiger partial charge in [-0.25, -0.2) is 4.79 Å². The first-order chi connectivity index (χ1) is 12.7. The predicted molar refractivity (Wildman–Crippen MR) is 109 cm³/mol. The Morgan fingerprint density at radius 3 is 2.56 bits per heavy atom. The number of thiophene rings is 1.